The first-order valence-corrected chi connectivity index (χ1v) is 9.52. The molecule has 2 heterocycles. The van der Waals surface area contributed by atoms with Gasteiger partial charge in [-0.3, -0.25) is 9.59 Å². The number of benzene rings is 1. The normalized spacial score (nSPS) is 17.7. The first-order valence-electron chi connectivity index (χ1n) is 8.58. The Labute approximate surface area is 147 Å². The Kier molecular flexibility index (Phi) is 5.81. The number of nitrogens with zero attached hydrogens (tertiary/aromatic N) is 1. The van der Waals surface area contributed by atoms with Crippen LogP contribution in [0.5, 0.6) is 0 Å². The van der Waals surface area contributed by atoms with E-state index in [-0.39, 0.29) is 11.8 Å². The second-order valence-electron chi connectivity index (χ2n) is 6.44. The van der Waals surface area contributed by atoms with Gasteiger partial charge in [-0.05, 0) is 47.2 Å². The van der Waals surface area contributed by atoms with Crippen LogP contribution < -0.4 is 0 Å². The van der Waals surface area contributed by atoms with Crippen molar-refractivity contribution in [1.82, 2.24) is 4.90 Å². The fraction of sp³-hybridized carbons (Fsp3) is 0.400. The zero-order valence-corrected chi connectivity index (χ0v) is 14.6. The molecular formula is C20H23NO2S. The molecule has 4 heteroatoms. The number of aryl methyl sites for hydroxylation is 1. The van der Waals surface area contributed by atoms with E-state index in [1.807, 2.05) is 39.9 Å². The molecule has 1 aliphatic heterocycles. The quantitative estimate of drug-likeness (QED) is 0.803. The smallest absolute Gasteiger partial charge is 0.227 e. The van der Waals surface area contributed by atoms with Gasteiger partial charge in [0.25, 0.3) is 0 Å². The van der Waals surface area contributed by atoms with Gasteiger partial charge in [0.15, 0.2) is 0 Å². The number of amides is 1. The summed E-state index contributed by atoms with van der Waals surface area (Å²) >= 11 is 1.61. The van der Waals surface area contributed by atoms with Crippen molar-refractivity contribution in [1.29, 1.82) is 0 Å². The van der Waals surface area contributed by atoms with Crippen LogP contribution in [0.3, 0.4) is 0 Å². The van der Waals surface area contributed by atoms with Crippen LogP contribution in [0.1, 0.15) is 30.4 Å². The maximum Gasteiger partial charge on any atom is 0.227 e. The molecular weight excluding hydrogens is 318 g/mol. The molecule has 3 rings (SSSR count). The van der Waals surface area contributed by atoms with Crippen molar-refractivity contribution < 1.29 is 9.59 Å². The predicted molar refractivity (Wildman–Crippen MR) is 97.1 cm³/mol. The van der Waals surface area contributed by atoms with Crippen LogP contribution in [0.4, 0.5) is 0 Å². The van der Waals surface area contributed by atoms with Crippen LogP contribution in [0.25, 0.3) is 0 Å². The molecule has 1 aromatic carbocycles. The topological polar surface area (TPSA) is 37.4 Å². The maximum absolute atomic E-state index is 12.5. The minimum absolute atomic E-state index is 0.00823. The van der Waals surface area contributed by atoms with E-state index >= 15 is 0 Å². The van der Waals surface area contributed by atoms with E-state index in [2.05, 4.69) is 12.1 Å². The third-order valence-corrected chi connectivity index (χ3v) is 5.40. The summed E-state index contributed by atoms with van der Waals surface area (Å²) in [6, 6.07) is 12.1. The molecule has 1 aliphatic rings. The number of carbonyl (C=O) groups is 2. The van der Waals surface area contributed by atoms with Gasteiger partial charge in [0.2, 0.25) is 5.91 Å². The molecule has 1 fully saturated rings. The minimum atomic E-state index is 0.00823. The molecule has 1 aromatic heterocycles. The first-order chi connectivity index (χ1) is 11.7. The molecule has 0 unspecified atom stereocenters. The molecule has 2 aromatic rings. The summed E-state index contributed by atoms with van der Waals surface area (Å²) in [5.41, 5.74) is 2.27. The maximum atomic E-state index is 12.5. The Bertz CT molecular complexity index is 666. The van der Waals surface area contributed by atoms with Crippen molar-refractivity contribution in [3.05, 3.63) is 58.3 Å². The monoisotopic (exact) mass is 341 g/mol. The fourth-order valence-corrected chi connectivity index (χ4v) is 3.93. The number of Topliss-reactive ketones (excluding diaryl/α,β-unsaturated/α-hetero) is 1. The van der Waals surface area contributed by atoms with Crippen molar-refractivity contribution in [2.45, 2.75) is 32.1 Å². The molecule has 1 saturated heterocycles. The van der Waals surface area contributed by atoms with E-state index < -0.39 is 0 Å². The van der Waals surface area contributed by atoms with Crippen molar-refractivity contribution in [3.63, 3.8) is 0 Å². The summed E-state index contributed by atoms with van der Waals surface area (Å²) in [4.78, 5) is 26.8. The molecule has 24 heavy (non-hydrogen) atoms. The number of rotatable bonds is 6. The molecule has 0 N–H and O–H groups in total. The average molecular weight is 341 g/mol. The van der Waals surface area contributed by atoms with Gasteiger partial charge in [-0.1, -0.05) is 30.3 Å². The Hall–Kier alpha value is -1.94. The Morgan fingerprint density at radius 1 is 1.12 bits per heavy atom. The zero-order chi connectivity index (χ0) is 16.8. The van der Waals surface area contributed by atoms with Crippen LogP contribution in [0.2, 0.25) is 0 Å². The summed E-state index contributed by atoms with van der Waals surface area (Å²) in [7, 11) is 0. The Morgan fingerprint density at radius 3 is 2.71 bits per heavy atom. The largest absolute Gasteiger partial charge is 0.342 e. The Balaban J connectivity index is 1.51. The van der Waals surface area contributed by atoms with Gasteiger partial charge in [-0.2, -0.15) is 11.3 Å². The van der Waals surface area contributed by atoms with E-state index in [0.717, 1.165) is 31.4 Å². The van der Waals surface area contributed by atoms with Gasteiger partial charge in [0.1, 0.15) is 5.78 Å². The van der Waals surface area contributed by atoms with E-state index in [4.69, 9.17) is 0 Å². The lowest BCUT2D eigenvalue weighted by Gasteiger charge is -2.32. The molecule has 0 saturated carbocycles. The van der Waals surface area contributed by atoms with Gasteiger partial charge >= 0.3 is 0 Å². The van der Waals surface area contributed by atoms with Crippen LogP contribution in [0, 0.1) is 5.92 Å². The van der Waals surface area contributed by atoms with Crippen LogP contribution in [0.15, 0.2) is 47.2 Å². The highest BCUT2D eigenvalue weighted by Gasteiger charge is 2.27. The van der Waals surface area contributed by atoms with E-state index in [0.29, 0.717) is 25.2 Å². The molecule has 126 valence electrons. The zero-order valence-electron chi connectivity index (χ0n) is 13.8. The van der Waals surface area contributed by atoms with Crippen molar-refractivity contribution in [2.24, 2.45) is 5.92 Å². The Morgan fingerprint density at radius 2 is 1.96 bits per heavy atom. The summed E-state index contributed by atoms with van der Waals surface area (Å²) in [6.45, 7) is 1.38. The highest BCUT2D eigenvalue weighted by molar-refractivity contribution is 7.08. The number of thiophene rings is 1. The van der Waals surface area contributed by atoms with Gasteiger partial charge in [0.05, 0.1) is 6.42 Å². The fourth-order valence-electron chi connectivity index (χ4n) is 3.26. The third kappa shape index (κ3) is 4.54. The average Bonchev–Trinajstić information content (AvgIpc) is 3.13. The lowest BCUT2D eigenvalue weighted by Crippen LogP contribution is -2.43. The summed E-state index contributed by atoms with van der Waals surface area (Å²) in [6.07, 6.45) is 3.65. The molecule has 1 atom stereocenters. The second kappa shape index (κ2) is 8.25. The van der Waals surface area contributed by atoms with E-state index in [1.165, 1.54) is 5.56 Å². The van der Waals surface area contributed by atoms with Crippen molar-refractivity contribution in [3.8, 4) is 0 Å². The van der Waals surface area contributed by atoms with Gasteiger partial charge in [0, 0.05) is 25.4 Å². The van der Waals surface area contributed by atoms with Crippen molar-refractivity contribution in [2.75, 3.05) is 13.1 Å². The molecule has 1 amide bonds. The van der Waals surface area contributed by atoms with Crippen LogP contribution in [-0.2, 0) is 22.4 Å². The summed E-state index contributed by atoms with van der Waals surface area (Å²) in [5.74, 6) is 0.453. The number of hydrogen-bond acceptors (Lipinski definition) is 3. The molecule has 0 radical (unpaired) electrons. The molecule has 0 aliphatic carbocycles. The van der Waals surface area contributed by atoms with E-state index in [9.17, 15) is 9.59 Å². The highest BCUT2D eigenvalue weighted by atomic mass is 32.1. The molecule has 0 bridgehead atoms. The van der Waals surface area contributed by atoms with E-state index in [1.54, 1.807) is 11.3 Å². The number of likely N-dealkylation sites (tertiary alicyclic amines) is 1. The minimum Gasteiger partial charge on any atom is -0.342 e. The lowest BCUT2D eigenvalue weighted by molar-refractivity contribution is -0.134. The summed E-state index contributed by atoms with van der Waals surface area (Å²) in [5, 5.41) is 4.01. The van der Waals surface area contributed by atoms with Crippen LogP contribution in [-0.4, -0.2) is 29.7 Å². The van der Waals surface area contributed by atoms with Gasteiger partial charge < -0.3 is 4.90 Å². The number of ketones is 1. The van der Waals surface area contributed by atoms with Crippen molar-refractivity contribution >= 4 is 23.0 Å². The molecule has 3 nitrogen and oxygen atoms in total. The molecule has 0 spiro atoms. The van der Waals surface area contributed by atoms with Crippen LogP contribution >= 0.6 is 11.3 Å². The third-order valence-electron chi connectivity index (χ3n) is 4.67. The highest BCUT2D eigenvalue weighted by Crippen LogP contribution is 2.21. The second-order valence-corrected chi connectivity index (χ2v) is 7.22. The predicted octanol–water partition coefficient (Wildman–Crippen LogP) is 3.73. The van der Waals surface area contributed by atoms with Gasteiger partial charge in [-0.15, -0.1) is 0 Å². The van der Waals surface area contributed by atoms with Gasteiger partial charge in [-0.25, -0.2) is 0 Å². The summed E-state index contributed by atoms with van der Waals surface area (Å²) < 4.78 is 0. The number of piperidine rings is 1. The lowest BCUT2D eigenvalue weighted by atomic mass is 9.90. The first kappa shape index (κ1) is 16.9. The number of carbonyl (C=O) groups excluding carboxylic acids is 2. The standard InChI is InChI=1S/C20H23NO2S/c22-19(9-8-16-5-2-1-3-6-16)18-7-4-11-21(14-18)20(23)13-17-10-12-24-15-17/h1-3,5-6,10,12,15,18H,4,7-9,11,13-14H2/t18-/m1/s1. The number of hydrogen-bond donors (Lipinski definition) is 0. The SMILES string of the molecule is O=C(CCc1ccccc1)[C@@H]1CCCN(C(=O)Cc2ccsc2)C1.